The number of nitrogens with one attached hydrogen (secondary N) is 1. The minimum Gasteiger partial charge on any atom is -0.459 e. The molecule has 6 heteroatoms. The molecule has 0 bridgehead atoms. The lowest BCUT2D eigenvalue weighted by atomic mass is 9.98. The van der Waals surface area contributed by atoms with E-state index in [2.05, 4.69) is 44.6 Å². The number of fused-ring (bicyclic) bond motifs is 1. The number of piperazine rings is 1. The van der Waals surface area contributed by atoms with E-state index in [1.165, 1.54) is 5.56 Å². The van der Waals surface area contributed by atoms with Crippen molar-refractivity contribution in [2.75, 3.05) is 26.2 Å². The molecule has 148 valence electrons. The molecule has 6 nitrogen and oxygen atoms in total. The Kier molecular flexibility index (Phi) is 4.96. The zero-order valence-corrected chi connectivity index (χ0v) is 16.3. The molecule has 2 aliphatic rings. The van der Waals surface area contributed by atoms with Gasteiger partial charge in [-0.15, -0.1) is 0 Å². The molecule has 2 aromatic heterocycles. The SMILES string of the molecule is O=NC1CCc2cc(-c3cc(CN4CCNCC4)oc3-c3ccncc3)ccc21. The zero-order chi connectivity index (χ0) is 19.6. The van der Waals surface area contributed by atoms with Crippen LogP contribution in [0.5, 0.6) is 0 Å². The smallest absolute Gasteiger partial charge is 0.142 e. The maximum atomic E-state index is 11.1. The standard InChI is InChI=1S/C23H24N4O2/c28-26-22-4-2-17-13-18(1-3-20(17)22)21-14-19(15-27-11-9-25-10-12-27)29-23(21)16-5-7-24-8-6-16/h1,3,5-8,13-14,22,25H,2,4,9-12,15H2. The van der Waals surface area contributed by atoms with Crippen LogP contribution in [0.1, 0.15) is 29.3 Å². The number of benzene rings is 1. The van der Waals surface area contributed by atoms with E-state index in [9.17, 15) is 4.91 Å². The van der Waals surface area contributed by atoms with Crippen LogP contribution in [0.2, 0.25) is 0 Å². The van der Waals surface area contributed by atoms with Crippen LogP contribution in [0.15, 0.2) is 58.4 Å². The number of nitroso groups, excluding NO2 is 1. The van der Waals surface area contributed by atoms with E-state index in [4.69, 9.17) is 4.42 Å². The van der Waals surface area contributed by atoms with Crippen LogP contribution < -0.4 is 5.32 Å². The summed E-state index contributed by atoms with van der Waals surface area (Å²) in [6, 6.07) is 12.3. The fraction of sp³-hybridized carbons (Fsp3) is 0.348. The van der Waals surface area contributed by atoms with Gasteiger partial charge in [-0.2, -0.15) is 4.91 Å². The monoisotopic (exact) mass is 388 g/mol. The second-order valence-corrected chi connectivity index (χ2v) is 7.79. The molecule has 3 heterocycles. The number of aromatic nitrogens is 1. The summed E-state index contributed by atoms with van der Waals surface area (Å²) in [4.78, 5) is 17.6. The summed E-state index contributed by atoms with van der Waals surface area (Å²) in [6.45, 7) is 4.89. The Morgan fingerprint density at radius 2 is 1.93 bits per heavy atom. The maximum Gasteiger partial charge on any atom is 0.142 e. The van der Waals surface area contributed by atoms with Crippen molar-refractivity contribution in [1.82, 2.24) is 15.2 Å². The first-order chi connectivity index (χ1) is 14.3. The molecule has 0 saturated carbocycles. The van der Waals surface area contributed by atoms with E-state index in [-0.39, 0.29) is 6.04 Å². The van der Waals surface area contributed by atoms with Crippen LogP contribution in [0, 0.1) is 4.91 Å². The van der Waals surface area contributed by atoms with E-state index in [1.807, 2.05) is 12.1 Å². The maximum absolute atomic E-state index is 11.1. The minimum atomic E-state index is -0.202. The summed E-state index contributed by atoms with van der Waals surface area (Å²) in [7, 11) is 0. The summed E-state index contributed by atoms with van der Waals surface area (Å²) in [5.74, 6) is 1.85. The Bertz CT molecular complexity index is 1010. The number of rotatable bonds is 5. The van der Waals surface area contributed by atoms with Crippen LogP contribution in [-0.4, -0.2) is 36.1 Å². The van der Waals surface area contributed by atoms with Gasteiger partial charge in [0.05, 0.1) is 6.54 Å². The molecule has 0 radical (unpaired) electrons. The van der Waals surface area contributed by atoms with Gasteiger partial charge in [-0.05, 0) is 47.7 Å². The molecule has 0 spiro atoms. The van der Waals surface area contributed by atoms with E-state index < -0.39 is 0 Å². The molecule has 1 fully saturated rings. The Morgan fingerprint density at radius 1 is 1.10 bits per heavy atom. The summed E-state index contributed by atoms with van der Waals surface area (Å²) in [6.07, 6.45) is 5.29. The Morgan fingerprint density at radius 3 is 2.72 bits per heavy atom. The summed E-state index contributed by atoms with van der Waals surface area (Å²) >= 11 is 0. The highest BCUT2D eigenvalue weighted by Gasteiger charge is 2.25. The third-order valence-electron chi connectivity index (χ3n) is 5.94. The van der Waals surface area contributed by atoms with Crippen LogP contribution in [-0.2, 0) is 13.0 Å². The lowest BCUT2D eigenvalue weighted by Crippen LogP contribution is -2.42. The van der Waals surface area contributed by atoms with Crippen LogP contribution in [0.25, 0.3) is 22.5 Å². The predicted molar refractivity (Wildman–Crippen MR) is 112 cm³/mol. The molecule has 1 aliphatic carbocycles. The second-order valence-electron chi connectivity index (χ2n) is 7.79. The molecule has 1 unspecified atom stereocenters. The first-order valence-corrected chi connectivity index (χ1v) is 10.2. The van der Waals surface area contributed by atoms with Gasteiger partial charge in [-0.3, -0.25) is 9.88 Å². The number of pyridine rings is 1. The van der Waals surface area contributed by atoms with Crippen molar-refractivity contribution in [1.29, 1.82) is 0 Å². The van der Waals surface area contributed by atoms with Gasteiger partial charge >= 0.3 is 0 Å². The topological polar surface area (TPSA) is 70.7 Å². The molecule has 5 rings (SSSR count). The normalized spacial score (nSPS) is 19.2. The molecular formula is C23H24N4O2. The van der Waals surface area contributed by atoms with Gasteiger partial charge in [0.1, 0.15) is 17.6 Å². The van der Waals surface area contributed by atoms with Gasteiger partial charge < -0.3 is 9.73 Å². The predicted octanol–water partition coefficient (Wildman–Crippen LogP) is 4.17. The van der Waals surface area contributed by atoms with Gasteiger partial charge in [0.15, 0.2) is 0 Å². The molecule has 1 atom stereocenters. The highest BCUT2D eigenvalue weighted by molar-refractivity contribution is 5.80. The highest BCUT2D eigenvalue weighted by atomic mass is 16.3. The summed E-state index contributed by atoms with van der Waals surface area (Å²) < 4.78 is 6.36. The number of aryl methyl sites for hydroxylation is 1. The lowest BCUT2D eigenvalue weighted by molar-refractivity contribution is 0.217. The average molecular weight is 388 g/mol. The molecular weight excluding hydrogens is 364 g/mol. The van der Waals surface area contributed by atoms with E-state index in [1.54, 1.807) is 12.4 Å². The van der Waals surface area contributed by atoms with Crippen molar-refractivity contribution < 1.29 is 4.42 Å². The molecule has 1 N–H and O–H groups in total. The fourth-order valence-electron chi connectivity index (χ4n) is 4.41. The molecule has 0 amide bonds. The first-order valence-electron chi connectivity index (χ1n) is 10.2. The fourth-order valence-corrected chi connectivity index (χ4v) is 4.41. The van der Waals surface area contributed by atoms with Crippen LogP contribution in [0.4, 0.5) is 0 Å². The second kappa shape index (κ2) is 7.89. The molecule has 29 heavy (non-hydrogen) atoms. The minimum absolute atomic E-state index is 0.202. The largest absolute Gasteiger partial charge is 0.459 e. The number of hydrogen-bond acceptors (Lipinski definition) is 6. The van der Waals surface area contributed by atoms with E-state index in [0.717, 1.165) is 79.3 Å². The van der Waals surface area contributed by atoms with Crippen molar-refractivity contribution in [3.8, 4) is 22.5 Å². The quantitative estimate of drug-likeness (QED) is 0.665. The van der Waals surface area contributed by atoms with Gasteiger partial charge in [-0.1, -0.05) is 23.4 Å². The van der Waals surface area contributed by atoms with Gasteiger partial charge in [0, 0.05) is 49.7 Å². The van der Waals surface area contributed by atoms with Crippen molar-refractivity contribution in [3.63, 3.8) is 0 Å². The molecule has 3 aromatic rings. The van der Waals surface area contributed by atoms with E-state index in [0.29, 0.717) is 0 Å². The van der Waals surface area contributed by atoms with Crippen LogP contribution >= 0.6 is 0 Å². The van der Waals surface area contributed by atoms with Crippen molar-refractivity contribution >= 4 is 0 Å². The van der Waals surface area contributed by atoms with Crippen molar-refractivity contribution in [3.05, 3.63) is 70.6 Å². The zero-order valence-electron chi connectivity index (χ0n) is 16.3. The molecule has 1 aliphatic heterocycles. The third kappa shape index (κ3) is 3.61. The van der Waals surface area contributed by atoms with E-state index >= 15 is 0 Å². The Balaban J connectivity index is 1.53. The Labute approximate surface area is 169 Å². The highest BCUT2D eigenvalue weighted by Crippen LogP contribution is 2.40. The molecule has 1 saturated heterocycles. The summed E-state index contributed by atoms with van der Waals surface area (Å²) in [5.41, 5.74) is 5.52. The van der Waals surface area contributed by atoms with Gasteiger partial charge in [0.25, 0.3) is 0 Å². The average Bonchev–Trinajstić information content (AvgIpc) is 3.38. The Hall–Kier alpha value is -2.83. The number of furan rings is 1. The van der Waals surface area contributed by atoms with Gasteiger partial charge in [0.2, 0.25) is 0 Å². The van der Waals surface area contributed by atoms with Crippen molar-refractivity contribution in [2.24, 2.45) is 5.18 Å². The third-order valence-corrected chi connectivity index (χ3v) is 5.94. The number of hydrogen-bond donors (Lipinski definition) is 1. The first kappa shape index (κ1) is 18.2. The van der Waals surface area contributed by atoms with Gasteiger partial charge in [-0.25, -0.2) is 0 Å². The number of nitrogens with zero attached hydrogens (tertiary/aromatic N) is 3. The van der Waals surface area contributed by atoms with Crippen molar-refractivity contribution in [2.45, 2.75) is 25.4 Å². The lowest BCUT2D eigenvalue weighted by Gasteiger charge is -2.26. The van der Waals surface area contributed by atoms with Crippen LogP contribution in [0.3, 0.4) is 0 Å². The summed E-state index contributed by atoms with van der Waals surface area (Å²) in [5, 5.41) is 6.67. The molecule has 1 aromatic carbocycles.